The zero-order chi connectivity index (χ0) is 21.9. The van der Waals surface area contributed by atoms with Gasteiger partial charge in [0.25, 0.3) is 0 Å². The maximum absolute atomic E-state index is 14.3. The van der Waals surface area contributed by atoms with Crippen LogP contribution < -0.4 is 5.32 Å². The van der Waals surface area contributed by atoms with Gasteiger partial charge in [-0.15, -0.1) is 11.3 Å². The Balaban J connectivity index is 1.39. The lowest BCUT2D eigenvalue weighted by Gasteiger charge is -2.42. The number of benzene rings is 1. The van der Waals surface area contributed by atoms with Gasteiger partial charge >= 0.3 is 6.09 Å². The van der Waals surface area contributed by atoms with E-state index in [1.165, 1.54) is 49.5 Å². The molecule has 2 bridgehead atoms. The van der Waals surface area contributed by atoms with Gasteiger partial charge < -0.3 is 4.74 Å². The zero-order valence-corrected chi connectivity index (χ0v) is 19.2. The van der Waals surface area contributed by atoms with E-state index in [9.17, 15) is 9.18 Å². The summed E-state index contributed by atoms with van der Waals surface area (Å²) in [6, 6.07) is 5.05. The predicted molar refractivity (Wildman–Crippen MR) is 125 cm³/mol. The van der Waals surface area contributed by atoms with E-state index in [0.717, 1.165) is 24.1 Å². The number of ether oxygens (including phenoxy) is 1. The van der Waals surface area contributed by atoms with Crippen LogP contribution in [0.1, 0.15) is 70.8 Å². The maximum Gasteiger partial charge on any atom is 0.412 e. The molecule has 31 heavy (non-hydrogen) atoms. The quantitative estimate of drug-likeness (QED) is 0.499. The Morgan fingerprint density at radius 1 is 1.23 bits per heavy atom. The van der Waals surface area contributed by atoms with Crippen molar-refractivity contribution in [2.75, 3.05) is 11.9 Å². The first-order valence-electron chi connectivity index (χ1n) is 11.3. The third kappa shape index (κ3) is 4.69. The summed E-state index contributed by atoms with van der Waals surface area (Å²) in [7, 11) is 0. The summed E-state index contributed by atoms with van der Waals surface area (Å²) in [4.78, 5) is 17.6. The van der Waals surface area contributed by atoms with Crippen molar-refractivity contribution in [3.05, 3.63) is 41.2 Å². The Kier molecular flexibility index (Phi) is 6.47. The van der Waals surface area contributed by atoms with Gasteiger partial charge in [0.1, 0.15) is 5.82 Å². The van der Waals surface area contributed by atoms with Gasteiger partial charge in [-0.25, -0.2) is 14.2 Å². The molecule has 3 fully saturated rings. The van der Waals surface area contributed by atoms with Crippen LogP contribution in [0.15, 0.2) is 29.8 Å². The fourth-order valence-corrected chi connectivity index (χ4v) is 6.01. The number of nitrogens with one attached hydrogen (secondary N) is 1. The fraction of sp³-hybridized carbons (Fsp3) is 0.520. The van der Waals surface area contributed by atoms with Crippen molar-refractivity contribution in [3.63, 3.8) is 0 Å². The van der Waals surface area contributed by atoms with E-state index in [0.29, 0.717) is 29.0 Å². The summed E-state index contributed by atoms with van der Waals surface area (Å²) in [5.41, 5.74) is 3.53. The van der Waals surface area contributed by atoms with Crippen molar-refractivity contribution in [2.24, 2.45) is 10.8 Å². The average Bonchev–Trinajstić information content (AvgIpc) is 3.05. The normalized spacial score (nSPS) is 25.5. The van der Waals surface area contributed by atoms with Crippen molar-refractivity contribution in [3.8, 4) is 10.4 Å². The van der Waals surface area contributed by atoms with Crippen LogP contribution in [0.2, 0.25) is 0 Å². The van der Waals surface area contributed by atoms with Crippen molar-refractivity contribution >= 4 is 29.3 Å². The zero-order valence-electron chi connectivity index (χ0n) is 18.4. The summed E-state index contributed by atoms with van der Waals surface area (Å²) in [5, 5.41) is 2.78. The molecule has 1 amide bonds. The lowest BCUT2D eigenvalue weighted by molar-refractivity contribution is 0.0348. The Morgan fingerprint density at radius 2 is 1.97 bits per heavy atom. The van der Waals surface area contributed by atoms with Crippen molar-refractivity contribution in [1.29, 1.82) is 0 Å². The minimum Gasteiger partial charge on any atom is -0.449 e. The number of amides is 1. The number of thiazole rings is 1. The molecule has 3 saturated carbocycles. The topological polar surface area (TPSA) is 51.2 Å². The number of halogens is 1. The van der Waals surface area contributed by atoms with Crippen LogP contribution in [0, 0.1) is 16.6 Å². The number of carbonyl (C=O) groups excluding carboxylic acids is 1. The summed E-state index contributed by atoms with van der Waals surface area (Å²) in [6.45, 7) is 4.63. The summed E-state index contributed by atoms with van der Waals surface area (Å²) in [5.74, 6) is 0.116. The minimum atomic E-state index is -0.482. The molecule has 3 aliphatic rings. The molecule has 0 saturated heterocycles. The van der Waals surface area contributed by atoms with Gasteiger partial charge in [-0.1, -0.05) is 44.1 Å². The van der Waals surface area contributed by atoms with Gasteiger partial charge in [-0.3, -0.25) is 5.32 Å². The van der Waals surface area contributed by atoms with Crippen LogP contribution in [0.3, 0.4) is 0 Å². The largest absolute Gasteiger partial charge is 0.449 e. The van der Waals surface area contributed by atoms with E-state index in [1.54, 1.807) is 23.7 Å². The molecule has 1 aromatic heterocycles. The highest BCUT2D eigenvalue weighted by molar-refractivity contribution is 7.13. The first-order chi connectivity index (χ1) is 15.0. The Bertz CT molecular complexity index is 960. The molecule has 0 unspecified atom stereocenters. The summed E-state index contributed by atoms with van der Waals surface area (Å²) < 4.78 is 20.0. The lowest BCUT2D eigenvalue weighted by atomic mass is 9.64. The standard InChI is InChI=1S/C25H31FN2O2S/c1-3-6-18-7-8-19(15-20(18)26)21-22(27-17-31-21)28-23(29)30-16-25-10-5-9-24(4-2,11-13-25)12-14-25/h3,6-8,15,17H,4-5,9-14,16H2,1-2H3,(H,28,29)/b6-3+. The Hall–Kier alpha value is -2.21. The van der Waals surface area contributed by atoms with E-state index in [-0.39, 0.29) is 11.2 Å². The predicted octanol–water partition coefficient (Wildman–Crippen LogP) is 7.67. The van der Waals surface area contributed by atoms with Crippen molar-refractivity contribution in [1.82, 2.24) is 4.98 Å². The van der Waals surface area contributed by atoms with Gasteiger partial charge in [0.2, 0.25) is 0 Å². The van der Waals surface area contributed by atoms with Crippen LogP contribution >= 0.6 is 11.3 Å². The van der Waals surface area contributed by atoms with Crippen molar-refractivity contribution in [2.45, 2.75) is 65.2 Å². The number of carbonyl (C=O) groups is 1. The second-order valence-corrected chi connectivity index (χ2v) is 10.0. The second-order valence-electron chi connectivity index (χ2n) is 9.17. The molecule has 1 heterocycles. The Labute approximate surface area is 187 Å². The van der Waals surface area contributed by atoms with Gasteiger partial charge in [0.05, 0.1) is 17.0 Å². The number of allylic oxidation sites excluding steroid dienone is 1. The van der Waals surface area contributed by atoms with Gasteiger partial charge in [0.15, 0.2) is 5.82 Å². The number of rotatable bonds is 6. The van der Waals surface area contributed by atoms with E-state index >= 15 is 0 Å². The molecule has 0 spiro atoms. The third-order valence-corrected chi connectivity index (χ3v) is 8.32. The number of aromatic nitrogens is 1. The van der Waals surface area contributed by atoms with Crippen LogP contribution in [-0.4, -0.2) is 17.7 Å². The molecule has 5 rings (SSSR count). The first kappa shape index (κ1) is 22.0. The summed E-state index contributed by atoms with van der Waals surface area (Å²) >= 11 is 1.37. The minimum absolute atomic E-state index is 0.128. The smallest absolute Gasteiger partial charge is 0.412 e. The number of hydrogen-bond acceptors (Lipinski definition) is 4. The second kappa shape index (κ2) is 9.11. The summed E-state index contributed by atoms with van der Waals surface area (Å²) in [6.07, 6.45) is 12.8. The molecule has 4 nitrogen and oxygen atoms in total. The Morgan fingerprint density at radius 3 is 2.68 bits per heavy atom. The van der Waals surface area contributed by atoms with Crippen molar-refractivity contribution < 1.29 is 13.9 Å². The molecule has 3 aliphatic carbocycles. The highest BCUT2D eigenvalue weighted by Crippen LogP contribution is 2.55. The lowest BCUT2D eigenvalue weighted by Crippen LogP contribution is -2.35. The number of anilines is 1. The fourth-order valence-electron chi connectivity index (χ4n) is 5.27. The molecule has 0 aliphatic heterocycles. The highest BCUT2D eigenvalue weighted by atomic mass is 32.1. The van der Waals surface area contributed by atoms with Crippen LogP contribution in [0.4, 0.5) is 15.0 Å². The van der Waals surface area contributed by atoms with Gasteiger partial charge in [-0.05, 0) is 62.5 Å². The number of hydrogen-bond donors (Lipinski definition) is 1. The van der Waals surface area contributed by atoms with Crippen LogP contribution in [0.5, 0.6) is 0 Å². The third-order valence-electron chi connectivity index (χ3n) is 7.44. The number of fused-ring (bicyclic) bond motifs is 4. The molecule has 1 aromatic carbocycles. The molecule has 0 atom stereocenters. The van der Waals surface area contributed by atoms with Crippen LogP contribution in [0.25, 0.3) is 16.5 Å². The molecule has 1 N–H and O–H groups in total. The van der Waals surface area contributed by atoms with E-state index in [4.69, 9.17) is 4.74 Å². The molecular weight excluding hydrogens is 411 g/mol. The van der Waals surface area contributed by atoms with E-state index in [2.05, 4.69) is 17.2 Å². The maximum atomic E-state index is 14.3. The van der Waals surface area contributed by atoms with E-state index in [1.807, 2.05) is 13.0 Å². The van der Waals surface area contributed by atoms with Crippen LogP contribution in [-0.2, 0) is 4.74 Å². The van der Waals surface area contributed by atoms with Gasteiger partial charge in [0, 0.05) is 11.0 Å². The molecule has 2 aromatic rings. The first-order valence-corrected chi connectivity index (χ1v) is 12.2. The number of nitrogens with zero attached hydrogens (tertiary/aromatic N) is 1. The molecule has 6 heteroatoms. The van der Waals surface area contributed by atoms with Gasteiger partial charge in [-0.2, -0.15) is 0 Å². The average molecular weight is 443 g/mol. The van der Waals surface area contributed by atoms with E-state index < -0.39 is 6.09 Å². The molecule has 166 valence electrons. The molecule has 0 radical (unpaired) electrons. The monoisotopic (exact) mass is 442 g/mol. The highest BCUT2D eigenvalue weighted by Gasteiger charge is 2.45. The SMILES string of the molecule is C/C=C/c1ccc(-c2scnc2NC(=O)OCC23CCCC(CC)(CC2)CC3)cc1F. The molecular formula is C25H31FN2O2S.